The molecule has 3 aromatic rings. The highest BCUT2D eigenvalue weighted by Crippen LogP contribution is 2.37. The van der Waals surface area contributed by atoms with Gasteiger partial charge in [-0.1, -0.05) is 35.9 Å². The second-order valence-corrected chi connectivity index (χ2v) is 11.5. The monoisotopic (exact) mass is 591 g/mol. The molecule has 1 amide bonds. The number of anilines is 2. The van der Waals surface area contributed by atoms with Gasteiger partial charge in [-0.25, -0.2) is 4.79 Å². The predicted octanol–water partition coefficient (Wildman–Crippen LogP) is 3.64. The number of rotatable bonds is 6. The lowest BCUT2D eigenvalue weighted by atomic mass is 10.0. The maximum atomic E-state index is 11.8. The lowest BCUT2D eigenvalue weighted by Crippen LogP contribution is -2.55. The number of nitrogens with zero attached hydrogens (tertiary/aromatic N) is 7. The summed E-state index contributed by atoms with van der Waals surface area (Å²) in [6, 6.07) is 14.1. The number of hydrogen-bond acceptors (Lipinski definition) is 9. The third-order valence-corrected chi connectivity index (χ3v) is 8.61. The molecule has 1 aromatic heterocycles. The number of benzene rings is 2. The van der Waals surface area contributed by atoms with Gasteiger partial charge in [-0.2, -0.15) is 15.2 Å². The number of ether oxygens (including phenoxy) is 2. The third kappa shape index (κ3) is 5.75. The van der Waals surface area contributed by atoms with Gasteiger partial charge in [-0.3, -0.25) is 0 Å². The number of aromatic nitrogens is 2. The summed E-state index contributed by atoms with van der Waals surface area (Å²) < 4.78 is 12.0. The number of nitriles is 1. The van der Waals surface area contributed by atoms with Crippen LogP contribution in [0.3, 0.4) is 0 Å². The topological polar surface area (TPSA) is 118 Å². The van der Waals surface area contributed by atoms with E-state index in [0.717, 1.165) is 53.2 Å². The zero-order valence-corrected chi connectivity index (χ0v) is 24.3. The van der Waals surface area contributed by atoms with Crippen molar-refractivity contribution >= 4 is 40.0 Å². The maximum Gasteiger partial charge on any atom is 0.407 e. The van der Waals surface area contributed by atoms with Gasteiger partial charge in [0.05, 0.1) is 42.4 Å². The Morgan fingerprint density at radius 1 is 1.14 bits per heavy atom. The van der Waals surface area contributed by atoms with Gasteiger partial charge in [-0.05, 0) is 31.0 Å². The van der Waals surface area contributed by atoms with Crippen LogP contribution in [0.2, 0.25) is 5.02 Å². The fourth-order valence-electron chi connectivity index (χ4n) is 6.17. The molecule has 11 nitrogen and oxygen atoms in total. The lowest BCUT2D eigenvalue weighted by Gasteiger charge is -2.41. The standard InChI is InChI=1S/C30H34ClN7O4/c1-35-14-15-41-22(17-35)19-42-29-33-25-18-36(26-7-3-5-20-4-2-6-24(31)27(20)26)11-9-23(25)28(34-29)37-12-13-38(30(39)40)21(16-37)8-10-32/h2-7,21-22H,8-9,11-19H2,1H3,(H,39,40)/t21-,22+/m0/s1. The third-order valence-electron chi connectivity index (χ3n) is 8.29. The Labute approximate surface area is 249 Å². The lowest BCUT2D eigenvalue weighted by molar-refractivity contribution is -0.0417. The van der Waals surface area contributed by atoms with Gasteiger partial charge in [0.25, 0.3) is 0 Å². The number of carboxylic acid groups (broad SMARTS) is 1. The molecule has 2 aromatic carbocycles. The number of amides is 1. The minimum absolute atomic E-state index is 0.0831. The molecule has 0 spiro atoms. The van der Waals surface area contributed by atoms with Crippen LogP contribution in [0.5, 0.6) is 6.01 Å². The van der Waals surface area contributed by atoms with Crippen LogP contribution in [0.4, 0.5) is 16.3 Å². The van der Waals surface area contributed by atoms with E-state index in [1.807, 2.05) is 18.2 Å². The molecule has 6 rings (SSSR count). The zero-order chi connectivity index (χ0) is 29.2. The van der Waals surface area contributed by atoms with Gasteiger partial charge in [0, 0.05) is 55.9 Å². The van der Waals surface area contributed by atoms with Crippen LogP contribution < -0.4 is 14.5 Å². The van der Waals surface area contributed by atoms with E-state index >= 15 is 0 Å². The first-order chi connectivity index (χ1) is 20.4. The normalized spacial score (nSPS) is 21.2. The number of fused-ring (bicyclic) bond motifs is 2. The fourth-order valence-corrected chi connectivity index (χ4v) is 6.45. The van der Waals surface area contributed by atoms with Crippen molar-refractivity contribution in [3.8, 4) is 12.1 Å². The van der Waals surface area contributed by atoms with Crippen molar-refractivity contribution < 1.29 is 19.4 Å². The van der Waals surface area contributed by atoms with Crippen molar-refractivity contribution in [2.24, 2.45) is 0 Å². The number of carbonyl (C=O) groups is 1. The van der Waals surface area contributed by atoms with Crippen molar-refractivity contribution in [2.45, 2.75) is 31.5 Å². The smallest absolute Gasteiger partial charge is 0.407 e. The average Bonchev–Trinajstić information content (AvgIpc) is 2.99. The van der Waals surface area contributed by atoms with Crippen molar-refractivity contribution in [1.29, 1.82) is 5.26 Å². The number of hydrogen-bond donors (Lipinski definition) is 1. The van der Waals surface area contributed by atoms with E-state index < -0.39 is 12.1 Å². The van der Waals surface area contributed by atoms with Crippen LogP contribution in [-0.2, 0) is 17.7 Å². The molecule has 2 saturated heterocycles. The van der Waals surface area contributed by atoms with Crippen molar-refractivity contribution in [2.75, 3.05) is 69.3 Å². The van der Waals surface area contributed by atoms with Crippen molar-refractivity contribution in [3.63, 3.8) is 0 Å². The minimum atomic E-state index is -1.01. The van der Waals surface area contributed by atoms with E-state index in [1.165, 1.54) is 4.90 Å². The number of piperazine rings is 1. The average molecular weight is 592 g/mol. The van der Waals surface area contributed by atoms with Gasteiger partial charge in [-0.15, -0.1) is 0 Å². The first-order valence-electron chi connectivity index (χ1n) is 14.3. The maximum absolute atomic E-state index is 11.8. The highest BCUT2D eigenvalue weighted by atomic mass is 35.5. The molecular weight excluding hydrogens is 558 g/mol. The summed E-state index contributed by atoms with van der Waals surface area (Å²) in [6.45, 7) is 5.05. The first-order valence-corrected chi connectivity index (χ1v) is 14.7. The molecule has 2 fully saturated rings. The molecular formula is C30H34ClN7O4. The SMILES string of the molecule is CN1CCO[C@@H](COc2nc3c(c(N4CCN(C(=O)O)[C@@H](CC#N)C4)n2)CCN(c2cccc4cccc(Cl)c24)C3)C1. The van der Waals surface area contributed by atoms with Crippen LogP contribution in [-0.4, -0.2) is 103 Å². The minimum Gasteiger partial charge on any atom is -0.465 e. The molecule has 3 aliphatic heterocycles. The summed E-state index contributed by atoms with van der Waals surface area (Å²) in [5, 5.41) is 21.9. The predicted molar refractivity (Wildman–Crippen MR) is 159 cm³/mol. The van der Waals surface area contributed by atoms with Crippen LogP contribution in [0, 0.1) is 11.3 Å². The highest BCUT2D eigenvalue weighted by molar-refractivity contribution is 6.36. The van der Waals surface area contributed by atoms with E-state index in [2.05, 4.69) is 46.0 Å². The Balaban J connectivity index is 1.33. The van der Waals surface area contributed by atoms with E-state index in [9.17, 15) is 15.2 Å². The molecule has 12 heteroatoms. The first kappa shape index (κ1) is 28.3. The molecule has 0 saturated carbocycles. The molecule has 1 N–H and O–H groups in total. The molecule has 0 radical (unpaired) electrons. The Bertz CT molecular complexity index is 1510. The molecule has 2 atom stereocenters. The van der Waals surface area contributed by atoms with Gasteiger partial charge >= 0.3 is 12.1 Å². The second kappa shape index (κ2) is 12.2. The van der Waals surface area contributed by atoms with E-state index in [-0.39, 0.29) is 18.5 Å². The molecule has 0 unspecified atom stereocenters. The molecule has 0 bridgehead atoms. The van der Waals surface area contributed by atoms with Gasteiger partial charge in [0.15, 0.2) is 0 Å². The molecule has 3 aliphatic rings. The summed E-state index contributed by atoms with van der Waals surface area (Å²) in [6.07, 6.45) is -0.280. The van der Waals surface area contributed by atoms with Crippen LogP contribution >= 0.6 is 11.6 Å². The molecule has 0 aliphatic carbocycles. The Kier molecular flexibility index (Phi) is 8.20. The van der Waals surface area contributed by atoms with Crippen molar-refractivity contribution in [1.82, 2.24) is 19.8 Å². The molecule has 4 heterocycles. The number of likely N-dealkylation sites (N-methyl/N-ethyl adjacent to an activating group) is 1. The van der Waals surface area contributed by atoms with E-state index in [4.69, 9.17) is 31.0 Å². The van der Waals surface area contributed by atoms with Crippen molar-refractivity contribution in [3.05, 3.63) is 52.7 Å². The number of morpholine rings is 1. The highest BCUT2D eigenvalue weighted by Gasteiger charge is 2.34. The second-order valence-electron chi connectivity index (χ2n) is 11.0. The largest absolute Gasteiger partial charge is 0.465 e. The number of halogens is 1. The quantitative estimate of drug-likeness (QED) is 0.455. The van der Waals surface area contributed by atoms with E-state index in [0.29, 0.717) is 50.8 Å². The Morgan fingerprint density at radius 3 is 2.76 bits per heavy atom. The zero-order valence-electron chi connectivity index (χ0n) is 23.6. The van der Waals surface area contributed by atoms with Gasteiger partial charge in [0.2, 0.25) is 0 Å². The Morgan fingerprint density at radius 2 is 1.98 bits per heavy atom. The van der Waals surface area contributed by atoms with Gasteiger partial charge in [0.1, 0.15) is 18.5 Å². The van der Waals surface area contributed by atoms with E-state index in [1.54, 1.807) is 0 Å². The summed E-state index contributed by atoms with van der Waals surface area (Å²) in [7, 11) is 2.06. The van der Waals surface area contributed by atoms with Gasteiger partial charge < -0.3 is 34.2 Å². The molecule has 220 valence electrons. The fraction of sp³-hybridized carbons (Fsp3) is 0.467. The molecule has 42 heavy (non-hydrogen) atoms. The summed E-state index contributed by atoms with van der Waals surface area (Å²) in [5.41, 5.74) is 2.94. The summed E-state index contributed by atoms with van der Waals surface area (Å²) >= 11 is 6.67. The van der Waals surface area contributed by atoms with Crippen LogP contribution in [0.15, 0.2) is 36.4 Å². The Hall–Kier alpha value is -3.85. The van der Waals surface area contributed by atoms with Crippen LogP contribution in [0.1, 0.15) is 17.7 Å². The van der Waals surface area contributed by atoms with Crippen LogP contribution in [0.25, 0.3) is 10.8 Å². The summed E-state index contributed by atoms with van der Waals surface area (Å²) in [5.74, 6) is 0.750. The summed E-state index contributed by atoms with van der Waals surface area (Å²) in [4.78, 5) is 29.5.